The fourth-order valence-electron chi connectivity index (χ4n) is 3.72. The van der Waals surface area contributed by atoms with E-state index in [1.165, 1.54) is 24.3 Å². The fraction of sp³-hybridized carbons (Fsp3) is 0.0500. The van der Waals surface area contributed by atoms with Crippen molar-refractivity contribution in [3.8, 4) is 23.0 Å². The van der Waals surface area contributed by atoms with Gasteiger partial charge in [0.15, 0.2) is 23.0 Å². The minimum Gasteiger partial charge on any atom is -0.508 e. The van der Waals surface area contributed by atoms with Crippen LogP contribution in [0.4, 0.5) is 0 Å². The van der Waals surface area contributed by atoms with Crippen LogP contribution < -0.4 is 4.74 Å². The van der Waals surface area contributed by atoms with Crippen molar-refractivity contribution in [2.45, 2.75) is 5.60 Å². The van der Waals surface area contributed by atoms with E-state index in [0.29, 0.717) is 38.2 Å². The van der Waals surface area contributed by atoms with Gasteiger partial charge in [-0.25, -0.2) is 4.79 Å². The first-order valence-electron chi connectivity index (χ1n) is 7.98. The molecular weight excluding hydrogens is 507 g/mol. The van der Waals surface area contributed by atoms with Crippen molar-refractivity contribution < 1.29 is 24.5 Å². The fourth-order valence-corrected chi connectivity index (χ4v) is 4.56. The molecule has 0 atom stereocenters. The van der Waals surface area contributed by atoms with Crippen molar-refractivity contribution in [1.82, 2.24) is 0 Å². The number of esters is 1. The average molecular weight is 520 g/mol. The first-order chi connectivity index (χ1) is 12.9. The van der Waals surface area contributed by atoms with Crippen molar-refractivity contribution in [2.75, 3.05) is 0 Å². The molecule has 0 amide bonds. The molecule has 0 saturated carbocycles. The molecule has 3 aromatic rings. The lowest BCUT2D eigenvalue weighted by Crippen LogP contribution is -2.32. The van der Waals surface area contributed by atoms with E-state index in [1.54, 1.807) is 12.1 Å². The zero-order valence-corrected chi connectivity index (χ0v) is 16.7. The Bertz CT molecular complexity index is 1110. The Labute approximate surface area is 187 Å². The van der Waals surface area contributed by atoms with Gasteiger partial charge in [0.2, 0.25) is 0 Å². The first-order valence-corrected chi connectivity index (χ1v) is 9.57. The molecule has 2 N–H and O–H groups in total. The van der Waals surface area contributed by atoms with Crippen molar-refractivity contribution >= 4 is 55.2 Å². The van der Waals surface area contributed by atoms with Crippen LogP contribution in [0.15, 0.2) is 57.5 Å². The second-order valence-corrected chi connectivity index (χ2v) is 7.96. The van der Waals surface area contributed by atoms with Crippen LogP contribution in [0.5, 0.6) is 23.0 Å². The summed E-state index contributed by atoms with van der Waals surface area (Å²) in [5.41, 5.74) is 1.04. The lowest BCUT2D eigenvalue weighted by molar-refractivity contribution is 0.0224. The van der Waals surface area contributed by atoms with Gasteiger partial charge in [-0.05, 0) is 62.2 Å². The third kappa shape index (κ3) is 2.45. The summed E-state index contributed by atoms with van der Waals surface area (Å²) in [6, 6.07) is 13.0. The Kier molecular flexibility index (Phi) is 4.51. The Balaban J connectivity index is 0.00000192. The van der Waals surface area contributed by atoms with Crippen LogP contribution in [0.3, 0.4) is 0 Å². The summed E-state index contributed by atoms with van der Waals surface area (Å²) in [5.74, 6) is 0.279. The van der Waals surface area contributed by atoms with Crippen molar-refractivity contribution in [2.24, 2.45) is 0 Å². The number of benzene rings is 3. The summed E-state index contributed by atoms with van der Waals surface area (Å²) in [5, 5.41) is 19.8. The van der Waals surface area contributed by atoms with E-state index in [9.17, 15) is 15.0 Å². The number of phenolic OH excluding ortho intramolecular Hbond substituents is 2. The molecule has 2 heterocycles. The summed E-state index contributed by atoms with van der Waals surface area (Å²) < 4.78 is 13.2. The number of hydrogen-bond acceptors (Lipinski definition) is 5. The molecule has 8 heteroatoms. The third-order valence-electron chi connectivity index (χ3n) is 4.83. The van der Waals surface area contributed by atoms with Gasteiger partial charge in [-0.1, -0.05) is 6.07 Å². The Morgan fingerprint density at radius 2 is 1.36 bits per heavy atom. The van der Waals surface area contributed by atoms with E-state index in [-0.39, 0.29) is 28.9 Å². The van der Waals surface area contributed by atoms with Gasteiger partial charge in [0, 0.05) is 37.8 Å². The summed E-state index contributed by atoms with van der Waals surface area (Å²) in [6.45, 7) is 0. The molecule has 28 heavy (non-hydrogen) atoms. The second kappa shape index (κ2) is 6.53. The highest BCUT2D eigenvalue weighted by Gasteiger charge is 2.54. The molecule has 0 unspecified atom stereocenters. The van der Waals surface area contributed by atoms with Crippen molar-refractivity contribution in [1.29, 1.82) is 0 Å². The highest BCUT2D eigenvalue weighted by molar-refractivity contribution is 9.13. The first kappa shape index (κ1) is 19.3. The molecule has 0 bridgehead atoms. The van der Waals surface area contributed by atoms with E-state index < -0.39 is 11.6 Å². The maximum atomic E-state index is 12.9. The number of fused-ring (bicyclic) bond motifs is 6. The molecule has 2 aliphatic heterocycles. The molecule has 1 spiro atoms. The number of carbonyl (C=O) groups excluding carboxylic acids is 1. The molecule has 0 aliphatic carbocycles. The van der Waals surface area contributed by atoms with E-state index in [1.807, 2.05) is 12.1 Å². The van der Waals surface area contributed by atoms with Gasteiger partial charge >= 0.3 is 5.97 Å². The van der Waals surface area contributed by atoms with Gasteiger partial charge in [-0.15, -0.1) is 0 Å². The van der Waals surface area contributed by atoms with Gasteiger partial charge in [-0.2, -0.15) is 0 Å². The molecular formula is C20H13AlBr2O5. The molecule has 0 radical (unpaired) electrons. The Hall–Kier alpha value is -1.98. The number of rotatable bonds is 0. The Morgan fingerprint density at radius 1 is 0.821 bits per heavy atom. The van der Waals surface area contributed by atoms with Crippen LogP contribution in [-0.2, 0) is 10.3 Å². The van der Waals surface area contributed by atoms with Gasteiger partial charge < -0.3 is 19.7 Å². The predicted octanol–water partition coefficient (Wildman–Crippen LogP) is 4.01. The molecule has 5 rings (SSSR count). The van der Waals surface area contributed by atoms with Crippen LogP contribution in [-0.4, -0.2) is 33.5 Å². The topological polar surface area (TPSA) is 76.0 Å². The molecule has 0 fully saturated rings. The van der Waals surface area contributed by atoms with E-state index in [4.69, 9.17) is 9.47 Å². The average Bonchev–Trinajstić information content (AvgIpc) is 2.91. The third-order valence-corrected chi connectivity index (χ3v) is 6.85. The van der Waals surface area contributed by atoms with Crippen LogP contribution >= 0.6 is 31.9 Å². The zero-order chi connectivity index (χ0) is 18.9. The summed E-state index contributed by atoms with van der Waals surface area (Å²) in [4.78, 5) is 12.9. The lowest BCUT2D eigenvalue weighted by atomic mass is 9.77. The molecule has 140 valence electrons. The monoisotopic (exact) mass is 518 g/mol. The van der Waals surface area contributed by atoms with Gasteiger partial charge in [0.1, 0.15) is 23.0 Å². The largest absolute Gasteiger partial charge is 0.508 e. The number of aromatic hydroxyl groups is 2. The number of halogens is 2. The number of phenols is 2. The van der Waals surface area contributed by atoms with Crippen molar-refractivity contribution in [3.05, 3.63) is 79.7 Å². The molecule has 3 aromatic carbocycles. The van der Waals surface area contributed by atoms with E-state index >= 15 is 0 Å². The highest BCUT2D eigenvalue weighted by Crippen LogP contribution is 2.58. The minimum absolute atomic E-state index is 0. The predicted molar refractivity (Wildman–Crippen MR) is 113 cm³/mol. The minimum atomic E-state index is -1.24. The van der Waals surface area contributed by atoms with Gasteiger partial charge in [0.25, 0.3) is 0 Å². The number of carbonyl (C=O) groups is 1. The maximum Gasteiger partial charge on any atom is 0.341 e. The summed E-state index contributed by atoms with van der Waals surface area (Å²) in [6.07, 6.45) is 0. The molecule has 0 aromatic heterocycles. The highest BCUT2D eigenvalue weighted by atomic mass is 79.9. The second-order valence-electron chi connectivity index (χ2n) is 6.32. The molecule has 0 saturated heterocycles. The lowest BCUT2D eigenvalue weighted by Gasteiger charge is -2.36. The zero-order valence-electron chi connectivity index (χ0n) is 13.5. The maximum absolute atomic E-state index is 12.9. The van der Waals surface area contributed by atoms with Crippen LogP contribution in [0.1, 0.15) is 27.0 Å². The van der Waals surface area contributed by atoms with E-state index in [0.717, 1.165) is 4.47 Å². The molecule has 2 aliphatic rings. The number of ether oxygens (including phenoxy) is 2. The summed E-state index contributed by atoms with van der Waals surface area (Å²) >= 11 is 6.89. The van der Waals surface area contributed by atoms with Crippen LogP contribution in [0.2, 0.25) is 0 Å². The number of hydrogen-bond donors (Lipinski definition) is 2. The molecule has 5 nitrogen and oxygen atoms in total. The normalized spacial score (nSPS) is 15.0. The van der Waals surface area contributed by atoms with Crippen molar-refractivity contribution in [3.63, 3.8) is 0 Å². The van der Waals surface area contributed by atoms with Gasteiger partial charge in [0.05, 0.1) is 5.56 Å². The quantitative estimate of drug-likeness (QED) is 0.347. The van der Waals surface area contributed by atoms with Crippen LogP contribution in [0, 0.1) is 0 Å². The van der Waals surface area contributed by atoms with E-state index in [2.05, 4.69) is 31.9 Å². The standard InChI is InChI=1S/C20H10Br2O5.Al.3H/c21-14-6-5-13-17(18(14)22)19(25)27-20(13)11-3-1-9(23)7-15(11)26-16-8-10(24)2-4-12(16)20;;;;/h1-8,23-24H;;;;. The summed E-state index contributed by atoms with van der Waals surface area (Å²) in [7, 11) is 0. The van der Waals surface area contributed by atoms with Gasteiger partial charge in [-0.3, -0.25) is 0 Å². The smallest absolute Gasteiger partial charge is 0.341 e. The van der Waals surface area contributed by atoms with Crippen LogP contribution in [0.25, 0.3) is 0 Å². The Morgan fingerprint density at radius 3 is 1.93 bits per heavy atom. The SMILES string of the molecule is O=C1OC2(c3ccc(O)cc3Oc3cc(O)ccc32)c2ccc(Br)c(Br)c21.[AlH3].